The summed E-state index contributed by atoms with van der Waals surface area (Å²) in [5.41, 5.74) is 1.45. The fourth-order valence-electron chi connectivity index (χ4n) is 3.72. The van der Waals surface area contributed by atoms with Crippen LogP contribution in [0.1, 0.15) is 38.7 Å². The van der Waals surface area contributed by atoms with Crippen LogP contribution in [0.25, 0.3) is 5.52 Å². The molecule has 1 amide bonds. The number of rotatable bonds is 5. The van der Waals surface area contributed by atoms with Crippen molar-refractivity contribution in [1.82, 2.24) is 14.6 Å². The van der Waals surface area contributed by atoms with E-state index >= 15 is 0 Å². The van der Waals surface area contributed by atoms with Crippen LogP contribution in [0.5, 0.6) is 0 Å². The minimum absolute atomic E-state index is 0.0285. The molecule has 0 spiro atoms. The number of carbonyl (C=O) groups is 1. The first-order chi connectivity index (χ1) is 15.4. The van der Waals surface area contributed by atoms with Crippen molar-refractivity contribution in [2.24, 2.45) is 5.92 Å². The van der Waals surface area contributed by atoms with Crippen molar-refractivity contribution in [1.29, 1.82) is 0 Å². The van der Waals surface area contributed by atoms with Gasteiger partial charge >= 0.3 is 179 Å². The maximum atomic E-state index is 14.4. The molecule has 4 rings (SSSR count). The van der Waals surface area contributed by atoms with Gasteiger partial charge in [-0.3, -0.25) is 0 Å². The summed E-state index contributed by atoms with van der Waals surface area (Å²) in [5.74, 6) is 5.65. The number of carbonyl (C=O) groups excluding carboxylic acids is 1. The SMILES string of the molecule is CC.CN1CCC(Nc2cccn3c([Se](F)F)c(C#CCNC(=O)C4CC4)cc23)C(F)C1. The van der Waals surface area contributed by atoms with Crippen LogP contribution in [0.2, 0.25) is 0 Å². The number of halogens is 3. The summed E-state index contributed by atoms with van der Waals surface area (Å²) in [7, 11) is 1.88. The summed E-state index contributed by atoms with van der Waals surface area (Å²) in [6, 6.07) is 4.73. The van der Waals surface area contributed by atoms with Gasteiger partial charge in [0.2, 0.25) is 0 Å². The number of alkyl halides is 1. The molecule has 0 aromatic carbocycles. The Morgan fingerprint density at radius 3 is 2.69 bits per heavy atom. The second-order valence-corrected chi connectivity index (χ2v) is 9.57. The summed E-state index contributed by atoms with van der Waals surface area (Å²) in [5, 5.41) is 5.93. The van der Waals surface area contributed by atoms with Crippen molar-refractivity contribution in [3.05, 3.63) is 30.0 Å². The molecule has 0 bridgehead atoms. The van der Waals surface area contributed by atoms with Crippen molar-refractivity contribution < 1.29 is 16.3 Å². The zero-order valence-corrected chi connectivity index (χ0v) is 20.3. The fraction of sp³-hybridized carbons (Fsp3) is 0.522. The molecule has 1 aliphatic carbocycles. The number of likely N-dealkylation sites (tertiary alicyclic amines) is 1. The molecule has 1 radical (unpaired) electrons. The summed E-state index contributed by atoms with van der Waals surface area (Å²) in [6.07, 6.45) is 3.00. The van der Waals surface area contributed by atoms with E-state index in [2.05, 4.69) is 22.5 Å². The Bertz CT molecular complexity index is 996. The second kappa shape index (κ2) is 11.1. The standard InChI is InChI=1S/C21H24F3N4OSe.C2H6/c1-27-11-8-17(16(22)13-27)26-18-5-3-10-28-19(18)12-15(21(28)30(23)24)4-2-9-25-20(29)14-6-7-14;1-2/h3,5,10,12,14,16-17,26H,6-9,11,13H2,1H3,(H,25,29);1-2H3. The molecule has 2 unspecified atom stereocenters. The van der Waals surface area contributed by atoms with Crippen LogP contribution in [-0.4, -0.2) is 68.9 Å². The third-order valence-corrected chi connectivity index (χ3v) is 7.00. The van der Waals surface area contributed by atoms with Crippen molar-refractivity contribution in [2.45, 2.75) is 45.3 Å². The van der Waals surface area contributed by atoms with Gasteiger partial charge < -0.3 is 0 Å². The number of nitrogens with zero attached hydrogens (tertiary/aromatic N) is 2. The molecule has 175 valence electrons. The van der Waals surface area contributed by atoms with E-state index in [1.807, 2.05) is 25.8 Å². The van der Waals surface area contributed by atoms with Crippen LogP contribution in [0.15, 0.2) is 24.4 Å². The predicted molar refractivity (Wildman–Crippen MR) is 123 cm³/mol. The van der Waals surface area contributed by atoms with E-state index in [1.54, 1.807) is 24.4 Å². The average molecular weight is 514 g/mol. The third-order valence-electron chi connectivity index (χ3n) is 5.52. The van der Waals surface area contributed by atoms with Gasteiger partial charge in [-0.15, -0.1) is 0 Å². The quantitative estimate of drug-likeness (QED) is 0.477. The van der Waals surface area contributed by atoms with E-state index in [-0.39, 0.29) is 34.6 Å². The number of hydrogen-bond donors (Lipinski definition) is 2. The number of anilines is 1. The third kappa shape index (κ3) is 5.80. The molecule has 2 aromatic rings. The number of fused-ring (bicyclic) bond motifs is 1. The summed E-state index contributed by atoms with van der Waals surface area (Å²) in [6.45, 7) is 5.26. The van der Waals surface area contributed by atoms with E-state index in [0.29, 0.717) is 24.2 Å². The van der Waals surface area contributed by atoms with Gasteiger partial charge in [0.05, 0.1) is 0 Å². The number of amides is 1. The fourth-order valence-corrected chi connectivity index (χ4v) is 4.95. The molecule has 1 saturated carbocycles. The molecule has 5 nitrogen and oxygen atoms in total. The molecule has 2 fully saturated rings. The van der Waals surface area contributed by atoms with Crippen LogP contribution in [0, 0.1) is 17.8 Å². The predicted octanol–water partition coefficient (Wildman–Crippen LogP) is 2.93. The average Bonchev–Trinajstić information content (AvgIpc) is 3.55. The van der Waals surface area contributed by atoms with E-state index in [9.17, 15) is 16.3 Å². The number of pyridine rings is 1. The first-order valence-corrected chi connectivity index (χ1v) is 13.2. The minimum atomic E-state index is -4.02. The summed E-state index contributed by atoms with van der Waals surface area (Å²) < 4.78 is 43.7. The van der Waals surface area contributed by atoms with Crippen LogP contribution >= 0.6 is 0 Å². The van der Waals surface area contributed by atoms with E-state index in [1.165, 1.54) is 4.40 Å². The number of piperidine rings is 1. The number of nitrogens with one attached hydrogen (secondary N) is 2. The molecule has 2 atom stereocenters. The Labute approximate surface area is 192 Å². The van der Waals surface area contributed by atoms with Crippen molar-refractivity contribution in [3.63, 3.8) is 0 Å². The molecular formula is C23H30F3N4OSe. The van der Waals surface area contributed by atoms with E-state index in [0.717, 1.165) is 19.4 Å². The molecule has 32 heavy (non-hydrogen) atoms. The molecule has 1 saturated heterocycles. The van der Waals surface area contributed by atoms with Gasteiger partial charge in [-0.1, -0.05) is 13.8 Å². The molecule has 2 aromatic heterocycles. The zero-order valence-electron chi connectivity index (χ0n) is 18.6. The Morgan fingerprint density at radius 2 is 2.03 bits per heavy atom. The molecule has 9 heteroatoms. The monoisotopic (exact) mass is 515 g/mol. The zero-order chi connectivity index (χ0) is 23.3. The number of hydrogen-bond acceptors (Lipinski definition) is 3. The van der Waals surface area contributed by atoms with E-state index in [4.69, 9.17) is 0 Å². The molecule has 3 heterocycles. The topological polar surface area (TPSA) is 48.8 Å². The second-order valence-electron chi connectivity index (χ2n) is 7.86. The van der Waals surface area contributed by atoms with E-state index < -0.39 is 21.0 Å². The Hall–Kier alpha value is -2.14. The Balaban J connectivity index is 0.00000141. The van der Waals surface area contributed by atoms with Crippen LogP contribution in [0.4, 0.5) is 17.2 Å². The van der Waals surface area contributed by atoms with Gasteiger partial charge in [0.25, 0.3) is 0 Å². The van der Waals surface area contributed by atoms with Crippen molar-refractivity contribution in [3.8, 4) is 11.8 Å². The van der Waals surface area contributed by atoms with Gasteiger partial charge in [-0.25, -0.2) is 0 Å². The van der Waals surface area contributed by atoms with Crippen molar-refractivity contribution in [2.75, 3.05) is 32.0 Å². The normalized spacial score (nSPS) is 20.8. The molecule has 2 aliphatic rings. The van der Waals surface area contributed by atoms with Gasteiger partial charge in [0, 0.05) is 0 Å². The first kappa shape index (κ1) is 24.5. The van der Waals surface area contributed by atoms with Crippen molar-refractivity contribution >= 4 is 36.5 Å². The Kier molecular flexibility index (Phi) is 8.52. The number of aromatic nitrogens is 1. The molecule has 1 aliphatic heterocycles. The Morgan fingerprint density at radius 1 is 1.28 bits per heavy atom. The maximum absolute atomic E-state index is 14.4. The van der Waals surface area contributed by atoms with Gasteiger partial charge in [0.1, 0.15) is 0 Å². The molecule has 2 N–H and O–H groups in total. The van der Waals surface area contributed by atoms with Gasteiger partial charge in [-0.05, 0) is 0 Å². The van der Waals surface area contributed by atoms with Crippen LogP contribution in [0.3, 0.4) is 0 Å². The van der Waals surface area contributed by atoms with Crippen LogP contribution < -0.4 is 15.2 Å². The summed E-state index contributed by atoms with van der Waals surface area (Å²) >= 11 is -4.02. The summed E-state index contributed by atoms with van der Waals surface area (Å²) in [4.78, 5) is 13.6. The molecular weight excluding hydrogens is 484 g/mol. The van der Waals surface area contributed by atoms with Gasteiger partial charge in [0.15, 0.2) is 0 Å². The van der Waals surface area contributed by atoms with Gasteiger partial charge in [-0.2, -0.15) is 0 Å². The van der Waals surface area contributed by atoms with Crippen LogP contribution in [-0.2, 0) is 4.79 Å². The first-order valence-electron chi connectivity index (χ1n) is 11.0.